The van der Waals surface area contributed by atoms with Crippen molar-refractivity contribution in [1.82, 2.24) is 0 Å². The fraction of sp³-hybridized carbons (Fsp3) is 0.385. The van der Waals surface area contributed by atoms with Crippen molar-refractivity contribution in [3.8, 4) is 0 Å². The lowest BCUT2D eigenvalue weighted by Crippen LogP contribution is -2.02. The Kier molecular flexibility index (Phi) is 4.37. The van der Waals surface area contributed by atoms with Crippen molar-refractivity contribution in [2.45, 2.75) is 27.2 Å². The van der Waals surface area contributed by atoms with Crippen molar-refractivity contribution in [2.24, 2.45) is 5.92 Å². The molecule has 0 unspecified atom stereocenters. The number of nitro groups is 1. The molecule has 0 aliphatic rings. The van der Waals surface area contributed by atoms with Gasteiger partial charge in [0.2, 0.25) is 5.70 Å². The molecule has 0 saturated carbocycles. The third-order valence-corrected chi connectivity index (χ3v) is 2.33. The van der Waals surface area contributed by atoms with Crippen LogP contribution in [0.15, 0.2) is 23.9 Å². The number of halogens is 1. The van der Waals surface area contributed by atoms with E-state index in [-0.39, 0.29) is 17.2 Å². The molecule has 0 bridgehead atoms. The Morgan fingerprint density at radius 3 is 2.71 bits per heavy atom. The lowest BCUT2D eigenvalue weighted by molar-refractivity contribution is -0.427. The molecule has 92 valence electrons. The fourth-order valence-electron chi connectivity index (χ4n) is 1.56. The van der Waals surface area contributed by atoms with Gasteiger partial charge in [-0.05, 0) is 25.0 Å². The molecule has 0 N–H and O–H groups in total. The van der Waals surface area contributed by atoms with E-state index in [0.29, 0.717) is 6.42 Å². The molecule has 3 nitrogen and oxygen atoms in total. The van der Waals surface area contributed by atoms with Crippen LogP contribution in [0.4, 0.5) is 4.39 Å². The molecule has 1 aromatic rings. The van der Waals surface area contributed by atoms with Gasteiger partial charge in [-0.2, -0.15) is 0 Å². The number of hydrogen-bond acceptors (Lipinski definition) is 2. The zero-order valence-corrected chi connectivity index (χ0v) is 10.2. The number of nitrogens with zero attached hydrogens (tertiary/aromatic N) is 1. The smallest absolute Gasteiger partial charge is 0.247 e. The van der Waals surface area contributed by atoms with Gasteiger partial charge in [-0.25, -0.2) is 4.39 Å². The topological polar surface area (TPSA) is 43.1 Å². The van der Waals surface area contributed by atoms with Crippen LogP contribution in [0.3, 0.4) is 0 Å². The summed E-state index contributed by atoms with van der Waals surface area (Å²) in [7, 11) is 0. The minimum atomic E-state index is -0.443. The third kappa shape index (κ3) is 3.98. The Balaban J connectivity index is 3.12. The Morgan fingerprint density at radius 1 is 1.53 bits per heavy atom. The van der Waals surface area contributed by atoms with Crippen molar-refractivity contribution >= 4 is 6.08 Å². The maximum Gasteiger partial charge on any atom is 0.247 e. The molecule has 0 saturated heterocycles. The third-order valence-electron chi connectivity index (χ3n) is 2.33. The molecule has 0 aliphatic carbocycles. The number of aryl methyl sites for hydroxylation is 1. The van der Waals surface area contributed by atoms with E-state index in [4.69, 9.17) is 0 Å². The largest absolute Gasteiger partial charge is 0.259 e. The van der Waals surface area contributed by atoms with E-state index in [1.165, 1.54) is 12.1 Å². The Labute approximate surface area is 100 Å². The molecule has 1 rings (SSSR count). The summed E-state index contributed by atoms with van der Waals surface area (Å²) in [6.07, 6.45) is 1.66. The summed E-state index contributed by atoms with van der Waals surface area (Å²) >= 11 is 0. The summed E-state index contributed by atoms with van der Waals surface area (Å²) in [4.78, 5) is 10.4. The Bertz CT molecular complexity index is 453. The molecule has 1 aromatic carbocycles. The van der Waals surface area contributed by atoms with Crippen LogP contribution in [0.25, 0.3) is 6.08 Å². The first-order valence-electron chi connectivity index (χ1n) is 5.51. The molecule has 0 radical (unpaired) electrons. The van der Waals surface area contributed by atoms with Crippen LogP contribution >= 0.6 is 0 Å². The Hall–Kier alpha value is -1.71. The van der Waals surface area contributed by atoms with Crippen LogP contribution in [0.2, 0.25) is 0 Å². The van der Waals surface area contributed by atoms with Gasteiger partial charge < -0.3 is 0 Å². The standard InChI is InChI=1S/C13H16FNO2/c1-9(2)6-12(15(16)17)8-11-7-10(3)4-5-13(11)14/h4-5,7-9H,6H2,1-3H3/b12-8-. The molecule has 0 amide bonds. The average Bonchev–Trinajstić information content (AvgIpc) is 2.21. The van der Waals surface area contributed by atoms with Crippen LogP contribution < -0.4 is 0 Å². The number of benzene rings is 1. The first-order chi connectivity index (χ1) is 7.90. The molecule has 17 heavy (non-hydrogen) atoms. The SMILES string of the molecule is Cc1ccc(F)c(/C=C(/CC(C)C)[N+](=O)[O-])c1. The van der Waals surface area contributed by atoms with Gasteiger partial charge in [0.25, 0.3) is 0 Å². The first kappa shape index (κ1) is 13.4. The van der Waals surface area contributed by atoms with Gasteiger partial charge in [-0.3, -0.25) is 10.1 Å². The van der Waals surface area contributed by atoms with Crippen LogP contribution in [0.1, 0.15) is 31.4 Å². The normalized spacial score (nSPS) is 11.9. The highest BCUT2D eigenvalue weighted by atomic mass is 19.1. The van der Waals surface area contributed by atoms with Gasteiger partial charge in [-0.1, -0.05) is 25.5 Å². The lowest BCUT2D eigenvalue weighted by Gasteiger charge is -2.03. The predicted molar refractivity (Wildman–Crippen MR) is 65.6 cm³/mol. The quantitative estimate of drug-likeness (QED) is 0.590. The second-order valence-corrected chi connectivity index (χ2v) is 4.52. The summed E-state index contributed by atoms with van der Waals surface area (Å²) in [6, 6.07) is 4.58. The maximum absolute atomic E-state index is 13.5. The van der Waals surface area contributed by atoms with Crippen LogP contribution in [0, 0.1) is 28.8 Å². The summed E-state index contributed by atoms with van der Waals surface area (Å²) in [5, 5.41) is 10.9. The average molecular weight is 237 g/mol. The highest BCUT2D eigenvalue weighted by Gasteiger charge is 2.14. The molecule has 0 heterocycles. The molecule has 0 aliphatic heterocycles. The van der Waals surface area contributed by atoms with Gasteiger partial charge in [0, 0.05) is 18.1 Å². The monoisotopic (exact) mass is 237 g/mol. The van der Waals surface area contributed by atoms with E-state index in [9.17, 15) is 14.5 Å². The zero-order chi connectivity index (χ0) is 13.0. The highest BCUT2D eigenvalue weighted by Crippen LogP contribution is 2.18. The minimum Gasteiger partial charge on any atom is -0.259 e. The molecular weight excluding hydrogens is 221 g/mol. The van der Waals surface area contributed by atoms with Gasteiger partial charge in [0.15, 0.2) is 0 Å². The molecule has 0 spiro atoms. The first-order valence-corrected chi connectivity index (χ1v) is 5.51. The number of hydrogen-bond donors (Lipinski definition) is 0. The molecular formula is C13H16FNO2. The van der Waals surface area contributed by atoms with E-state index in [1.807, 2.05) is 20.8 Å². The second-order valence-electron chi connectivity index (χ2n) is 4.52. The van der Waals surface area contributed by atoms with Crippen molar-refractivity contribution in [1.29, 1.82) is 0 Å². The lowest BCUT2D eigenvalue weighted by atomic mass is 10.0. The molecule has 4 heteroatoms. The van der Waals surface area contributed by atoms with Crippen LogP contribution in [0.5, 0.6) is 0 Å². The summed E-state index contributed by atoms with van der Waals surface area (Å²) < 4.78 is 13.5. The van der Waals surface area contributed by atoms with Crippen LogP contribution in [-0.4, -0.2) is 4.92 Å². The molecule has 0 fully saturated rings. The van der Waals surface area contributed by atoms with Gasteiger partial charge in [-0.15, -0.1) is 0 Å². The van der Waals surface area contributed by atoms with Crippen molar-refractivity contribution in [3.63, 3.8) is 0 Å². The van der Waals surface area contributed by atoms with Crippen molar-refractivity contribution in [3.05, 3.63) is 51.0 Å². The Morgan fingerprint density at radius 2 is 2.18 bits per heavy atom. The highest BCUT2D eigenvalue weighted by molar-refractivity contribution is 5.52. The van der Waals surface area contributed by atoms with Crippen LogP contribution in [-0.2, 0) is 0 Å². The number of rotatable bonds is 4. The summed E-state index contributed by atoms with van der Waals surface area (Å²) in [6.45, 7) is 5.61. The zero-order valence-electron chi connectivity index (χ0n) is 10.2. The second kappa shape index (κ2) is 5.57. The predicted octanol–water partition coefficient (Wildman–Crippen LogP) is 3.80. The minimum absolute atomic E-state index is 0.0458. The van der Waals surface area contributed by atoms with Crippen molar-refractivity contribution in [2.75, 3.05) is 0 Å². The van der Waals surface area contributed by atoms with Gasteiger partial charge in [0.05, 0.1) is 4.92 Å². The van der Waals surface area contributed by atoms with Gasteiger partial charge >= 0.3 is 0 Å². The molecule has 0 aromatic heterocycles. The van der Waals surface area contributed by atoms with E-state index in [2.05, 4.69) is 0 Å². The summed E-state index contributed by atoms with van der Waals surface area (Å²) in [5.41, 5.74) is 1.20. The number of allylic oxidation sites excluding steroid dienone is 1. The van der Waals surface area contributed by atoms with E-state index in [1.54, 1.807) is 12.1 Å². The maximum atomic E-state index is 13.5. The van der Waals surface area contributed by atoms with E-state index >= 15 is 0 Å². The van der Waals surface area contributed by atoms with Gasteiger partial charge in [0.1, 0.15) is 5.82 Å². The summed E-state index contributed by atoms with van der Waals surface area (Å²) in [5.74, 6) is -0.266. The van der Waals surface area contributed by atoms with E-state index < -0.39 is 10.7 Å². The van der Waals surface area contributed by atoms with E-state index in [0.717, 1.165) is 5.56 Å². The fourth-order valence-corrected chi connectivity index (χ4v) is 1.56. The molecule has 0 atom stereocenters. The van der Waals surface area contributed by atoms with Crippen molar-refractivity contribution < 1.29 is 9.31 Å².